The van der Waals surface area contributed by atoms with Gasteiger partial charge in [-0.2, -0.15) is 5.26 Å². The number of anilines is 1. The number of rotatable bonds is 2. The SMILES string of the molecule is N#Cc1ccc(N2CCN(C(=O)[C@H]3CCCO3)CC2)c(F)c1. The van der Waals surface area contributed by atoms with E-state index in [0.717, 1.165) is 12.8 Å². The largest absolute Gasteiger partial charge is 0.368 e. The van der Waals surface area contributed by atoms with Crippen LogP contribution in [-0.2, 0) is 9.53 Å². The highest BCUT2D eigenvalue weighted by molar-refractivity contribution is 5.81. The van der Waals surface area contributed by atoms with Gasteiger partial charge in [-0.3, -0.25) is 4.79 Å². The second-order valence-corrected chi connectivity index (χ2v) is 5.59. The van der Waals surface area contributed by atoms with E-state index in [1.165, 1.54) is 6.07 Å². The lowest BCUT2D eigenvalue weighted by molar-refractivity contribution is -0.141. The van der Waals surface area contributed by atoms with Crippen molar-refractivity contribution in [1.29, 1.82) is 5.26 Å². The average molecular weight is 303 g/mol. The number of benzene rings is 1. The zero-order chi connectivity index (χ0) is 15.5. The molecule has 0 radical (unpaired) electrons. The van der Waals surface area contributed by atoms with Crippen molar-refractivity contribution in [1.82, 2.24) is 4.90 Å². The fraction of sp³-hybridized carbons (Fsp3) is 0.500. The van der Waals surface area contributed by atoms with E-state index < -0.39 is 5.82 Å². The van der Waals surface area contributed by atoms with Crippen molar-refractivity contribution in [2.24, 2.45) is 0 Å². The molecule has 2 aliphatic rings. The van der Waals surface area contributed by atoms with E-state index in [4.69, 9.17) is 10.00 Å². The summed E-state index contributed by atoms with van der Waals surface area (Å²) in [6.45, 7) is 2.96. The standard InChI is InChI=1S/C16H18FN3O2/c17-13-10-12(11-18)3-4-14(13)19-5-7-20(8-6-19)16(21)15-2-1-9-22-15/h3-4,10,15H,1-2,5-9H2/t15-/m1/s1. The second kappa shape index (κ2) is 6.32. The molecule has 0 bridgehead atoms. The second-order valence-electron chi connectivity index (χ2n) is 5.59. The Morgan fingerprint density at radius 3 is 2.68 bits per heavy atom. The van der Waals surface area contributed by atoms with E-state index in [-0.39, 0.29) is 12.0 Å². The van der Waals surface area contributed by atoms with Crippen molar-refractivity contribution in [3.05, 3.63) is 29.6 Å². The summed E-state index contributed by atoms with van der Waals surface area (Å²) < 4.78 is 19.5. The molecule has 0 N–H and O–H groups in total. The van der Waals surface area contributed by atoms with E-state index in [1.54, 1.807) is 17.0 Å². The Labute approximate surface area is 128 Å². The molecule has 0 unspecified atom stereocenters. The molecule has 0 aromatic heterocycles. The maximum atomic E-state index is 14.0. The van der Waals surface area contributed by atoms with Crippen molar-refractivity contribution in [2.75, 3.05) is 37.7 Å². The molecule has 3 rings (SSSR count). The van der Waals surface area contributed by atoms with E-state index >= 15 is 0 Å². The van der Waals surface area contributed by atoms with Gasteiger partial charge in [0, 0.05) is 32.8 Å². The minimum absolute atomic E-state index is 0.0532. The van der Waals surface area contributed by atoms with Gasteiger partial charge >= 0.3 is 0 Å². The molecule has 1 amide bonds. The number of nitrogens with zero attached hydrogens (tertiary/aromatic N) is 3. The third-order valence-electron chi connectivity index (χ3n) is 4.21. The zero-order valence-corrected chi connectivity index (χ0v) is 12.3. The Hall–Kier alpha value is -2.13. The summed E-state index contributed by atoms with van der Waals surface area (Å²) in [6, 6.07) is 6.42. The lowest BCUT2D eigenvalue weighted by Crippen LogP contribution is -2.51. The lowest BCUT2D eigenvalue weighted by atomic mass is 10.1. The predicted octanol–water partition coefficient (Wildman–Crippen LogP) is 1.52. The first-order valence-electron chi connectivity index (χ1n) is 7.54. The minimum Gasteiger partial charge on any atom is -0.368 e. The Morgan fingerprint density at radius 1 is 1.32 bits per heavy atom. The third-order valence-corrected chi connectivity index (χ3v) is 4.21. The van der Waals surface area contributed by atoms with Crippen LogP contribution in [0.1, 0.15) is 18.4 Å². The molecule has 0 spiro atoms. The van der Waals surface area contributed by atoms with Crippen molar-refractivity contribution in [3.8, 4) is 6.07 Å². The topological polar surface area (TPSA) is 56.6 Å². The van der Waals surface area contributed by atoms with Crippen LogP contribution in [0.5, 0.6) is 0 Å². The molecule has 1 aromatic carbocycles. The van der Waals surface area contributed by atoms with Gasteiger partial charge in [0.15, 0.2) is 0 Å². The van der Waals surface area contributed by atoms with Crippen LogP contribution in [0.3, 0.4) is 0 Å². The van der Waals surface area contributed by atoms with Gasteiger partial charge in [-0.15, -0.1) is 0 Å². The highest BCUT2D eigenvalue weighted by atomic mass is 19.1. The smallest absolute Gasteiger partial charge is 0.251 e. The maximum Gasteiger partial charge on any atom is 0.251 e. The van der Waals surface area contributed by atoms with Crippen LogP contribution in [-0.4, -0.2) is 49.7 Å². The summed E-state index contributed by atoms with van der Waals surface area (Å²) in [6.07, 6.45) is 1.44. The Kier molecular flexibility index (Phi) is 4.25. The number of halogens is 1. The number of hydrogen-bond acceptors (Lipinski definition) is 4. The fourth-order valence-corrected chi connectivity index (χ4v) is 2.98. The van der Waals surface area contributed by atoms with Gasteiger partial charge in [-0.25, -0.2) is 4.39 Å². The Bertz CT molecular complexity index is 600. The normalized spacial score (nSPS) is 21.7. The van der Waals surface area contributed by atoms with Crippen LogP contribution in [0, 0.1) is 17.1 Å². The summed E-state index contributed by atoms with van der Waals surface area (Å²) >= 11 is 0. The highest BCUT2D eigenvalue weighted by Crippen LogP contribution is 2.23. The van der Waals surface area contributed by atoms with Crippen LogP contribution in [0.25, 0.3) is 0 Å². The van der Waals surface area contributed by atoms with Gasteiger partial charge in [0.2, 0.25) is 0 Å². The molecule has 1 atom stereocenters. The van der Waals surface area contributed by atoms with Crippen molar-refractivity contribution in [2.45, 2.75) is 18.9 Å². The molecule has 0 aliphatic carbocycles. The van der Waals surface area contributed by atoms with Gasteiger partial charge in [-0.05, 0) is 31.0 Å². The fourth-order valence-electron chi connectivity index (χ4n) is 2.98. The predicted molar refractivity (Wildman–Crippen MR) is 78.9 cm³/mol. The first-order chi connectivity index (χ1) is 10.7. The van der Waals surface area contributed by atoms with Gasteiger partial charge in [0.25, 0.3) is 5.91 Å². The van der Waals surface area contributed by atoms with E-state index in [0.29, 0.717) is 44.0 Å². The van der Waals surface area contributed by atoms with Crippen LogP contribution in [0.15, 0.2) is 18.2 Å². The Morgan fingerprint density at radius 2 is 2.09 bits per heavy atom. The molecule has 0 saturated carbocycles. The summed E-state index contributed by atoms with van der Waals surface area (Å²) in [4.78, 5) is 16.0. The first kappa shape index (κ1) is 14.8. The first-order valence-corrected chi connectivity index (χ1v) is 7.54. The highest BCUT2D eigenvalue weighted by Gasteiger charge is 2.30. The number of piperazine rings is 1. The van der Waals surface area contributed by atoms with Crippen molar-refractivity contribution in [3.63, 3.8) is 0 Å². The molecule has 6 heteroatoms. The summed E-state index contributed by atoms with van der Waals surface area (Å²) in [5.41, 5.74) is 0.802. The summed E-state index contributed by atoms with van der Waals surface area (Å²) in [5, 5.41) is 8.78. The van der Waals surface area contributed by atoms with Crippen molar-refractivity contribution >= 4 is 11.6 Å². The number of amides is 1. The summed E-state index contributed by atoms with van der Waals surface area (Å²) in [5.74, 6) is -0.338. The summed E-state index contributed by atoms with van der Waals surface area (Å²) in [7, 11) is 0. The molecular weight excluding hydrogens is 285 g/mol. The van der Waals surface area contributed by atoms with Gasteiger partial charge in [0.1, 0.15) is 11.9 Å². The molecule has 5 nitrogen and oxygen atoms in total. The molecule has 1 aromatic rings. The maximum absolute atomic E-state index is 14.0. The van der Waals surface area contributed by atoms with E-state index in [9.17, 15) is 9.18 Å². The zero-order valence-electron chi connectivity index (χ0n) is 12.3. The number of nitriles is 1. The molecular formula is C16H18FN3O2. The van der Waals surface area contributed by atoms with Crippen LogP contribution in [0.4, 0.5) is 10.1 Å². The molecule has 22 heavy (non-hydrogen) atoms. The molecule has 116 valence electrons. The monoisotopic (exact) mass is 303 g/mol. The average Bonchev–Trinajstić information content (AvgIpc) is 3.08. The third kappa shape index (κ3) is 2.90. The lowest BCUT2D eigenvalue weighted by Gasteiger charge is -2.37. The molecule has 2 aliphatic heterocycles. The van der Waals surface area contributed by atoms with Crippen LogP contribution < -0.4 is 4.90 Å². The number of carbonyl (C=O) groups excluding carboxylic acids is 1. The van der Waals surface area contributed by atoms with Gasteiger partial charge in [-0.1, -0.05) is 0 Å². The van der Waals surface area contributed by atoms with Gasteiger partial charge < -0.3 is 14.5 Å². The molecule has 2 saturated heterocycles. The number of hydrogen-bond donors (Lipinski definition) is 0. The van der Waals surface area contributed by atoms with Gasteiger partial charge in [0.05, 0.1) is 17.3 Å². The van der Waals surface area contributed by atoms with E-state index in [2.05, 4.69) is 0 Å². The van der Waals surface area contributed by atoms with Crippen LogP contribution >= 0.6 is 0 Å². The molecule has 2 heterocycles. The van der Waals surface area contributed by atoms with Crippen LogP contribution in [0.2, 0.25) is 0 Å². The minimum atomic E-state index is -0.391. The molecule has 2 fully saturated rings. The number of carbonyl (C=O) groups is 1. The number of ether oxygens (including phenoxy) is 1. The van der Waals surface area contributed by atoms with Crippen molar-refractivity contribution < 1.29 is 13.9 Å². The quantitative estimate of drug-likeness (QED) is 0.831. The Balaban J connectivity index is 1.62. The van der Waals surface area contributed by atoms with E-state index in [1.807, 2.05) is 11.0 Å².